The number of hydrogen-bond donors (Lipinski definition) is 1. The van der Waals surface area contributed by atoms with E-state index in [2.05, 4.69) is 5.32 Å². The van der Waals surface area contributed by atoms with Gasteiger partial charge >= 0.3 is 0 Å². The molecule has 2 aromatic rings. The molecule has 1 heterocycles. The number of benzene rings is 1. The highest BCUT2D eigenvalue weighted by Crippen LogP contribution is 2.32. The molecule has 1 aromatic heterocycles. The molecule has 0 aliphatic carbocycles. The zero-order chi connectivity index (χ0) is 15.8. The number of hydrogen-bond acceptors (Lipinski definition) is 4. The highest BCUT2D eigenvalue weighted by Gasteiger charge is 2.17. The largest absolute Gasteiger partial charge is 0.319 e. The maximum atomic E-state index is 13.7. The third kappa shape index (κ3) is 3.74. The van der Waals surface area contributed by atoms with Gasteiger partial charge in [-0.1, -0.05) is 23.2 Å². The Balaban J connectivity index is 2.35. The Labute approximate surface area is 134 Å². The maximum absolute atomic E-state index is 13.7. The molecule has 1 N–H and O–H groups in total. The Bertz CT molecular complexity index is 818. The summed E-state index contributed by atoms with van der Waals surface area (Å²) in [5.74, 6) is -1.43. The van der Waals surface area contributed by atoms with Crippen LogP contribution in [0.3, 0.4) is 0 Å². The van der Waals surface area contributed by atoms with Gasteiger partial charge in [0, 0.05) is 6.26 Å². The number of anilines is 1. The van der Waals surface area contributed by atoms with Crippen molar-refractivity contribution >= 4 is 56.0 Å². The summed E-state index contributed by atoms with van der Waals surface area (Å²) in [6.07, 6.45) is 0.987. The highest BCUT2D eigenvalue weighted by molar-refractivity contribution is 7.90. The molecule has 0 saturated heterocycles. The van der Waals surface area contributed by atoms with Crippen LogP contribution in [0.2, 0.25) is 8.67 Å². The number of sulfone groups is 1. The monoisotopic (exact) mass is 367 g/mol. The molecule has 0 bridgehead atoms. The van der Waals surface area contributed by atoms with E-state index < -0.39 is 21.6 Å². The molecule has 0 radical (unpaired) electrons. The van der Waals surface area contributed by atoms with E-state index in [0.717, 1.165) is 35.8 Å². The van der Waals surface area contributed by atoms with Gasteiger partial charge in [-0.15, -0.1) is 11.3 Å². The van der Waals surface area contributed by atoms with Crippen molar-refractivity contribution in [2.45, 2.75) is 4.90 Å². The SMILES string of the molecule is CS(=O)(=O)c1ccc(F)c(NC(=O)c2cc(Cl)sc2Cl)c1. The zero-order valence-electron chi connectivity index (χ0n) is 10.5. The second-order valence-corrected chi connectivity index (χ2v) is 8.41. The van der Waals surface area contributed by atoms with Gasteiger partial charge in [0.05, 0.1) is 20.5 Å². The number of thiophene rings is 1. The summed E-state index contributed by atoms with van der Waals surface area (Å²) in [7, 11) is -3.51. The smallest absolute Gasteiger partial charge is 0.258 e. The van der Waals surface area contributed by atoms with Gasteiger partial charge in [-0.2, -0.15) is 0 Å². The quantitative estimate of drug-likeness (QED) is 0.837. The molecule has 0 aliphatic rings. The summed E-state index contributed by atoms with van der Waals surface area (Å²) in [6.45, 7) is 0. The van der Waals surface area contributed by atoms with Gasteiger partial charge < -0.3 is 5.32 Å². The molecule has 1 amide bonds. The number of halogens is 3. The minimum atomic E-state index is -3.51. The van der Waals surface area contributed by atoms with Crippen LogP contribution in [-0.2, 0) is 9.84 Å². The number of nitrogens with one attached hydrogen (secondary N) is 1. The third-order valence-electron chi connectivity index (χ3n) is 2.52. The second kappa shape index (κ2) is 5.92. The van der Waals surface area contributed by atoms with Gasteiger partial charge in [0.15, 0.2) is 9.84 Å². The van der Waals surface area contributed by atoms with Gasteiger partial charge in [0.1, 0.15) is 10.2 Å². The van der Waals surface area contributed by atoms with Gasteiger partial charge in [-0.3, -0.25) is 4.79 Å². The van der Waals surface area contributed by atoms with Gasteiger partial charge in [-0.05, 0) is 24.3 Å². The van der Waals surface area contributed by atoms with Crippen molar-refractivity contribution in [3.8, 4) is 0 Å². The van der Waals surface area contributed by atoms with E-state index >= 15 is 0 Å². The molecule has 9 heteroatoms. The number of carbonyl (C=O) groups excluding carboxylic acids is 1. The van der Waals surface area contributed by atoms with Crippen molar-refractivity contribution in [2.75, 3.05) is 11.6 Å². The molecule has 2 rings (SSSR count). The Morgan fingerprint density at radius 1 is 1.29 bits per heavy atom. The molecule has 0 aliphatic heterocycles. The molecule has 0 unspecified atom stereocenters. The Hall–Kier alpha value is -1.15. The summed E-state index contributed by atoms with van der Waals surface area (Å²) in [5, 5.41) is 2.28. The van der Waals surface area contributed by atoms with Gasteiger partial charge in [-0.25, -0.2) is 12.8 Å². The molecule has 0 fully saturated rings. The fourth-order valence-corrected chi connectivity index (χ4v) is 3.62. The van der Waals surface area contributed by atoms with E-state index in [1.54, 1.807) is 0 Å². The minimum Gasteiger partial charge on any atom is -0.319 e. The van der Waals surface area contributed by atoms with Crippen molar-refractivity contribution in [1.29, 1.82) is 0 Å². The first kappa shape index (κ1) is 16.2. The van der Waals surface area contributed by atoms with Crippen LogP contribution in [0.1, 0.15) is 10.4 Å². The van der Waals surface area contributed by atoms with Crippen molar-refractivity contribution in [2.24, 2.45) is 0 Å². The average molecular weight is 368 g/mol. The molecule has 0 atom stereocenters. The summed E-state index contributed by atoms with van der Waals surface area (Å²) >= 11 is 12.6. The highest BCUT2D eigenvalue weighted by atomic mass is 35.5. The van der Waals surface area contributed by atoms with Crippen molar-refractivity contribution in [3.05, 3.63) is 44.3 Å². The van der Waals surface area contributed by atoms with Crippen LogP contribution in [0, 0.1) is 5.82 Å². The van der Waals surface area contributed by atoms with Crippen molar-refractivity contribution in [1.82, 2.24) is 0 Å². The first-order valence-corrected chi connectivity index (χ1v) is 8.90. The predicted octanol–water partition coefficient (Wildman–Crippen LogP) is 3.85. The number of amides is 1. The average Bonchev–Trinajstić information content (AvgIpc) is 2.70. The van der Waals surface area contributed by atoms with Gasteiger partial charge in [0.2, 0.25) is 0 Å². The lowest BCUT2D eigenvalue weighted by atomic mass is 10.2. The fraction of sp³-hybridized carbons (Fsp3) is 0.0833. The van der Waals surface area contributed by atoms with Crippen molar-refractivity contribution in [3.63, 3.8) is 0 Å². The lowest BCUT2D eigenvalue weighted by Gasteiger charge is -2.07. The molecule has 0 saturated carbocycles. The van der Waals surface area contributed by atoms with E-state index in [0.29, 0.717) is 4.34 Å². The number of carbonyl (C=O) groups is 1. The molecular weight excluding hydrogens is 360 g/mol. The lowest BCUT2D eigenvalue weighted by molar-refractivity contribution is 0.102. The summed E-state index contributed by atoms with van der Waals surface area (Å²) in [6, 6.07) is 4.48. The predicted molar refractivity (Wildman–Crippen MR) is 81.8 cm³/mol. The topological polar surface area (TPSA) is 63.2 Å². The second-order valence-electron chi connectivity index (χ2n) is 4.11. The van der Waals surface area contributed by atoms with E-state index in [-0.39, 0.29) is 20.5 Å². The van der Waals surface area contributed by atoms with E-state index in [1.165, 1.54) is 6.07 Å². The number of rotatable bonds is 3. The first-order chi connectivity index (χ1) is 9.68. The zero-order valence-corrected chi connectivity index (χ0v) is 13.6. The Morgan fingerprint density at radius 2 is 1.95 bits per heavy atom. The lowest BCUT2D eigenvalue weighted by Crippen LogP contribution is -2.13. The van der Waals surface area contributed by atoms with Crippen LogP contribution in [0.5, 0.6) is 0 Å². The normalized spacial score (nSPS) is 11.4. The van der Waals surface area contributed by atoms with Crippen LogP contribution in [0.25, 0.3) is 0 Å². The van der Waals surface area contributed by atoms with Crippen LogP contribution >= 0.6 is 34.5 Å². The Kier molecular flexibility index (Phi) is 4.57. The standard InChI is InChI=1S/C12H8Cl2FNO3S2/c1-21(18,19)6-2-3-8(15)9(4-6)16-12(17)7-5-10(13)20-11(7)14/h2-5H,1H3,(H,16,17). The molecular formula is C12H8Cl2FNO3S2. The van der Waals surface area contributed by atoms with E-state index in [4.69, 9.17) is 23.2 Å². The molecule has 112 valence electrons. The molecule has 1 aromatic carbocycles. The van der Waals surface area contributed by atoms with Gasteiger partial charge in [0.25, 0.3) is 5.91 Å². The van der Waals surface area contributed by atoms with Crippen molar-refractivity contribution < 1.29 is 17.6 Å². The molecule has 4 nitrogen and oxygen atoms in total. The minimum absolute atomic E-state index is 0.0934. The van der Waals surface area contributed by atoms with E-state index in [9.17, 15) is 17.6 Å². The first-order valence-electron chi connectivity index (χ1n) is 5.44. The summed E-state index contributed by atoms with van der Waals surface area (Å²) in [4.78, 5) is 11.9. The maximum Gasteiger partial charge on any atom is 0.258 e. The van der Waals surface area contributed by atoms with Crippen LogP contribution in [-0.4, -0.2) is 20.6 Å². The molecule has 21 heavy (non-hydrogen) atoms. The van der Waals surface area contributed by atoms with Crippen LogP contribution in [0.4, 0.5) is 10.1 Å². The van der Waals surface area contributed by atoms with E-state index in [1.807, 2.05) is 0 Å². The third-order valence-corrected chi connectivity index (χ3v) is 5.11. The molecule has 0 spiro atoms. The summed E-state index contributed by atoms with van der Waals surface area (Å²) < 4.78 is 37.0. The fourth-order valence-electron chi connectivity index (χ4n) is 1.52. The summed E-state index contributed by atoms with van der Waals surface area (Å²) in [5.41, 5.74) is -0.155. The Morgan fingerprint density at radius 3 is 2.48 bits per heavy atom. The van der Waals surface area contributed by atoms with Crippen LogP contribution in [0.15, 0.2) is 29.2 Å². The van der Waals surface area contributed by atoms with Crippen LogP contribution < -0.4 is 5.32 Å².